The van der Waals surface area contributed by atoms with Crippen molar-refractivity contribution in [3.8, 4) is 0 Å². The molecule has 1 N–H and O–H groups in total. The molecule has 2 unspecified atom stereocenters. The quantitative estimate of drug-likeness (QED) is 0.854. The summed E-state index contributed by atoms with van der Waals surface area (Å²) in [7, 11) is 0. The van der Waals surface area contributed by atoms with Crippen LogP contribution in [0, 0.1) is 5.92 Å². The highest BCUT2D eigenvalue weighted by Crippen LogP contribution is 2.29. The van der Waals surface area contributed by atoms with Crippen molar-refractivity contribution in [2.75, 3.05) is 19.6 Å². The lowest BCUT2D eigenvalue weighted by Crippen LogP contribution is -2.58. The van der Waals surface area contributed by atoms with E-state index in [2.05, 4.69) is 39.6 Å². The van der Waals surface area contributed by atoms with Gasteiger partial charge < -0.3 is 5.32 Å². The molecule has 2 fully saturated rings. The molecule has 1 aliphatic carbocycles. The molecule has 0 aromatic rings. The Bertz CT molecular complexity index is 274. The van der Waals surface area contributed by atoms with Crippen LogP contribution in [0.15, 0.2) is 11.1 Å². The molecule has 2 rings (SSSR count). The van der Waals surface area contributed by atoms with Crippen molar-refractivity contribution in [2.24, 2.45) is 5.92 Å². The Kier molecular flexibility index (Phi) is 5.71. The largest absolute Gasteiger partial charge is 0.311 e. The molecule has 3 heteroatoms. The van der Waals surface area contributed by atoms with Gasteiger partial charge in [0.2, 0.25) is 0 Å². The van der Waals surface area contributed by atoms with Gasteiger partial charge in [-0.05, 0) is 25.2 Å². The van der Waals surface area contributed by atoms with Crippen LogP contribution in [0.3, 0.4) is 0 Å². The molecule has 18 heavy (non-hydrogen) atoms. The van der Waals surface area contributed by atoms with E-state index in [0.717, 1.165) is 23.5 Å². The van der Waals surface area contributed by atoms with Gasteiger partial charge >= 0.3 is 0 Å². The van der Waals surface area contributed by atoms with E-state index >= 15 is 0 Å². The molecule has 0 spiro atoms. The Hall–Kier alpha value is 0.140. The molecular weight excluding hydrogens is 288 g/mol. The fourth-order valence-electron chi connectivity index (χ4n) is 3.55. The van der Waals surface area contributed by atoms with E-state index < -0.39 is 0 Å². The number of hydrogen-bond acceptors (Lipinski definition) is 2. The highest BCUT2D eigenvalue weighted by molar-refractivity contribution is 9.11. The summed E-state index contributed by atoms with van der Waals surface area (Å²) in [4.78, 5) is 2.62. The minimum Gasteiger partial charge on any atom is -0.311 e. The Morgan fingerprint density at radius 1 is 1.33 bits per heavy atom. The van der Waals surface area contributed by atoms with E-state index in [9.17, 15) is 0 Å². The first-order chi connectivity index (χ1) is 8.70. The van der Waals surface area contributed by atoms with Crippen molar-refractivity contribution in [3.63, 3.8) is 0 Å². The van der Waals surface area contributed by atoms with E-state index in [-0.39, 0.29) is 0 Å². The standard InChI is InChI=1S/C15H27BrN2/c1-3-14-9-17-15(11-18(14)10-12(2)16)13-7-5-4-6-8-13/h13-15,17H,2-11H2,1H3. The second-order valence-corrected chi connectivity index (χ2v) is 7.04. The van der Waals surface area contributed by atoms with E-state index in [1.165, 1.54) is 45.1 Å². The molecule has 1 saturated heterocycles. The van der Waals surface area contributed by atoms with Gasteiger partial charge in [0.15, 0.2) is 0 Å². The number of rotatable bonds is 4. The number of hydrogen-bond donors (Lipinski definition) is 1. The third-order valence-corrected chi connectivity index (χ3v) is 4.88. The molecule has 2 aliphatic rings. The van der Waals surface area contributed by atoms with Crippen LogP contribution in [-0.2, 0) is 0 Å². The van der Waals surface area contributed by atoms with E-state index in [1.54, 1.807) is 0 Å². The van der Waals surface area contributed by atoms with Gasteiger partial charge in [0.1, 0.15) is 0 Å². The van der Waals surface area contributed by atoms with Gasteiger partial charge in [0.25, 0.3) is 0 Å². The fraction of sp³-hybridized carbons (Fsp3) is 0.867. The van der Waals surface area contributed by atoms with Gasteiger partial charge in [0.05, 0.1) is 0 Å². The van der Waals surface area contributed by atoms with Crippen molar-refractivity contribution < 1.29 is 0 Å². The summed E-state index contributed by atoms with van der Waals surface area (Å²) in [6, 6.07) is 1.39. The van der Waals surface area contributed by atoms with Crippen molar-refractivity contribution in [1.82, 2.24) is 10.2 Å². The number of nitrogens with zero attached hydrogens (tertiary/aromatic N) is 1. The normalized spacial score (nSPS) is 31.4. The van der Waals surface area contributed by atoms with Gasteiger partial charge in [-0.3, -0.25) is 4.90 Å². The van der Waals surface area contributed by atoms with Gasteiger partial charge in [-0.2, -0.15) is 0 Å². The van der Waals surface area contributed by atoms with Crippen LogP contribution < -0.4 is 5.32 Å². The molecule has 104 valence electrons. The van der Waals surface area contributed by atoms with Gasteiger partial charge in [-0.25, -0.2) is 0 Å². The topological polar surface area (TPSA) is 15.3 Å². The van der Waals surface area contributed by atoms with Crippen LogP contribution in [0.1, 0.15) is 45.4 Å². The van der Waals surface area contributed by atoms with Crippen molar-refractivity contribution in [3.05, 3.63) is 11.1 Å². The summed E-state index contributed by atoms with van der Waals surface area (Å²) < 4.78 is 1.12. The predicted molar refractivity (Wildman–Crippen MR) is 82.1 cm³/mol. The van der Waals surface area contributed by atoms with E-state index in [4.69, 9.17) is 0 Å². The maximum Gasteiger partial charge on any atom is 0.0298 e. The molecule has 0 bridgehead atoms. The number of halogens is 1. The summed E-state index contributed by atoms with van der Waals surface area (Å²) in [5, 5.41) is 3.81. The molecule has 1 aliphatic heterocycles. The predicted octanol–water partition coefficient (Wildman–Crippen LogP) is 3.53. The average Bonchev–Trinajstić information content (AvgIpc) is 2.39. The molecule has 0 amide bonds. The maximum absolute atomic E-state index is 4.01. The summed E-state index contributed by atoms with van der Waals surface area (Å²) in [6.07, 6.45) is 8.40. The lowest BCUT2D eigenvalue weighted by atomic mass is 9.82. The second kappa shape index (κ2) is 7.06. The first-order valence-corrected chi connectivity index (χ1v) is 8.30. The van der Waals surface area contributed by atoms with Crippen LogP contribution in [-0.4, -0.2) is 36.6 Å². The highest BCUT2D eigenvalue weighted by atomic mass is 79.9. The zero-order valence-corrected chi connectivity index (χ0v) is 13.2. The van der Waals surface area contributed by atoms with Crippen LogP contribution >= 0.6 is 15.9 Å². The van der Waals surface area contributed by atoms with Gasteiger partial charge in [-0.1, -0.05) is 48.7 Å². The minimum atomic E-state index is 0.680. The van der Waals surface area contributed by atoms with Crippen LogP contribution in [0.2, 0.25) is 0 Å². The zero-order valence-electron chi connectivity index (χ0n) is 11.6. The lowest BCUT2D eigenvalue weighted by Gasteiger charge is -2.43. The van der Waals surface area contributed by atoms with Crippen LogP contribution in [0.4, 0.5) is 0 Å². The van der Waals surface area contributed by atoms with Crippen LogP contribution in [0.25, 0.3) is 0 Å². The van der Waals surface area contributed by atoms with Crippen molar-refractivity contribution >= 4 is 15.9 Å². The van der Waals surface area contributed by atoms with Crippen molar-refractivity contribution in [2.45, 2.75) is 57.5 Å². The number of piperazine rings is 1. The molecule has 0 aromatic carbocycles. The Morgan fingerprint density at radius 2 is 2.06 bits per heavy atom. The molecule has 0 radical (unpaired) electrons. The minimum absolute atomic E-state index is 0.680. The summed E-state index contributed by atoms with van der Waals surface area (Å²) in [6.45, 7) is 9.66. The number of nitrogens with one attached hydrogen (secondary N) is 1. The first kappa shape index (κ1) is 14.5. The zero-order chi connectivity index (χ0) is 13.0. The highest BCUT2D eigenvalue weighted by Gasteiger charge is 2.31. The van der Waals surface area contributed by atoms with Gasteiger partial charge in [-0.15, -0.1) is 0 Å². The summed E-state index contributed by atoms with van der Waals surface area (Å²) in [5.41, 5.74) is 0. The molecule has 2 nitrogen and oxygen atoms in total. The first-order valence-electron chi connectivity index (χ1n) is 7.51. The third-order valence-electron chi connectivity index (χ3n) is 4.63. The summed E-state index contributed by atoms with van der Waals surface area (Å²) in [5.74, 6) is 0.905. The monoisotopic (exact) mass is 314 g/mol. The molecule has 2 atom stereocenters. The lowest BCUT2D eigenvalue weighted by molar-refractivity contribution is 0.104. The Morgan fingerprint density at radius 3 is 2.67 bits per heavy atom. The molecule has 1 heterocycles. The maximum atomic E-state index is 4.01. The Labute approximate surface area is 120 Å². The SMILES string of the molecule is C=C(Br)CN1CC(C2CCCCC2)NCC1CC. The second-order valence-electron chi connectivity index (χ2n) is 5.92. The molecule has 1 saturated carbocycles. The molecule has 0 aromatic heterocycles. The Balaban J connectivity index is 1.92. The van der Waals surface area contributed by atoms with E-state index in [0.29, 0.717) is 12.1 Å². The average molecular weight is 315 g/mol. The van der Waals surface area contributed by atoms with Gasteiger partial charge in [0, 0.05) is 36.2 Å². The van der Waals surface area contributed by atoms with E-state index in [1.807, 2.05) is 0 Å². The smallest absolute Gasteiger partial charge is 0.0298 e. The van der Waals surface area contributed by atoms with Crippen molar-refractivity contribution in [1.29, 1.82) is 0 Å². The molecular formula is C15H27BrN2. The third kappa shape index (κ3) is 3.82. The van der Waals surface area contributed by atoms with Crippen LogP contribution in [0.5, 0.6) is 0 Å². The fourth-order valence-corrected chi connectivity index (χ4v) is 3.87. The summed E-state index contributed by atoms with van der Waals surface area (Å²) >= 11 is 3.53.